The zero-order valence-electron chi connectivity index (χ0n) is 17.5. The fourth-order valence-electron chi connectivity index (χ4n) is 2.71. The Morgan fingerprint density at radius 1 is 1.09 bits per heavy atom. The smallest absolute Gasteiger partial charge is 0.418 e. The maximum absolute atomic E-state index is 13.2. The number of hydrogen-bond donors (Lipinski definition) is 2. The number of ether oxygens (including phenoxy) is 1. The molecule has 0 saturated carbocycles. The summed E-state index contributed by atoms with van der Waals surface area (Å²) < 4.78 is 44.5. The van der Waals surface area contributed by atoms with Crippen LogP contribution in [-0.4, -0.2) is 35.4 Å². The van der Waals surface area contributed by atoms with E-state index in [4.69, 9.17) is 4.74 Å². The van der Waals surface area contributed by atoms with E-state index in [1.54, 1.807) is 32.0 Å². The van der Waals surface area contributed by atoms with Crippen LogP contribution < -0.4 is 10.6 Å². The van der Waals surface area contributed by atoms with Gasteiger partial charge in [0.25, 0.3) is 17.5 Å². The maximum atomic E-state index is 13.2. The summed E-state index contributed by atoms with van der Waals surface area (Å²) in [6, 6.07) is 8.75. The fourth-order valence-corrected chi connectivity index (χ4v) is 2.71. The van der Waals surface area contributed by atoms with E-state index < -0.39 is 64.4 Å². The highest BCUT2D eigenvalue weighted by Crippen LogP contribution is 2.37. The molecule has 0 radical (unpaired) electrons. The Hall–Kier alpha value is -3.96. The molecule has 0 aromatic heterocycles. The van der Waals surface area contributed by atoms with Gasteiger partial charge < -0.3 is 15.4 Å². The minimum absolute atomic E-state index is 0.287. The van der Waals surface area contributed by atoms with Gasteiger partial charge in [-0.2, -0.15) is 13.2 Å². The molecule has 33 heavy (non-hydrogen) atoms. The molecule has 1 atom stereocenters. The molecule has 2 N–H and O–H groups in total. The van der Waals surface area contributed by atoms with Gasteiger partial charge in [-0.25, -0.2) is 4.79 Å². The standard InChI is InChI=1S/C21H20F3N3O6/c1-12(2)18(26-19(29)13-6-4-3-5-7-13)20(30)33-11-17(28)25-16-9-8-14(27(31)32)10-15(16)21(22,23)24/h3-10,12,18H,11H2,1-2H3,(H,25,28)(H,26,29)/t18-/m0/s1. The zero-order valence-corrected chi connectivity index (χ0v) is 17.5. The number of nitro benzene ring substituents is 1. The summed E-state index contributed by atoms with van der Waals surface area (Å²) in [6.07, 6.45) is -4.98. The number of non-ortho nitro benzene ring substituents is 1. The second-order valence-corrected chi connectivity index (χ2v) is 7.20. The topological polar surface area (TPSA) is 128 Å². The molecule has 0 aliphatic heterocycles. The number of esters is 1. The van der Waals surface area contributed by atoms with Crippen LogP contribution in [0.4, 0.5) is 24.5 Å². The van der Waals surface area contributed by atoms with Crippen LogP contribution in [0.1, 0.15) is 29.8 Å². The highest BCUT2D eigenvalue weighted by Gasteiger charge is 2.36. The van der Waals surface area contributed by atoms with E-state index in [1.165, 1.54) is 12.1 Å². The molecule has 2 amide bonds. The van der Waals surface area contributed by atoms with E-state index in [9.17, 15) is 37.7 Å². The summed E-state index contributed by atoms with van der Waals surface area (Å²) in [4.78, 5) is 46.5. The number of anilines is 1. The number of carbonyl (C=O) groups is 3. The largest absolute Gasteiger partial charge is 0.454 e. The van der Waals surface area contributed by atoms with Crippen molar-refractivity contribution < 1.29 is 37.2 Å². The van der Waals surface area contributed by atoms with Gasteiger partial charge in [0.15, 0.2) is 6.61 Å². The summed E-state index contributed by atoms with van der Waals surface area (Å²) in [5.41, 5.74) is -2.66. The van der Waals surface area contributed by atoms with Crippen molar-refractivity contribution in [1.29, 1.82) is 0 Å². The van der Waals surface area contributed by atoms with E-state index in [-0.39, 0.29) is 6.07 Å². The lowest BCUT2D eigenvalue weighted by Crippen LogP contribution is -2.45. The molecule has 0 bridgehead atoms. The first kappa shape index (κ1) is 25.3. The number of benzene rings is 2. The SMILES string of the molecule is CC(C)[C@H](NC(=O)c1ccccc1)C(=O)OCC(=O)Nc1ccc([N+](=O)[O-])cc1C(F)(F)F. The Kier molecular flexibility index (Phi) is 8.10. The van der Waals surface area contributed by atoms with Gasteiger partial charge in [-0.1, -0.05) is 32.0 Å². The van der Waals surface area contributed by atoms with Crippen LogP contribution in [0.3, 0.4) is 0 Å². The molecule has 2 aromatic carbocycles. The molecule has 0 spiro atoms. The van der Waals surface area contributed by atoms with E-state index in [1.807, 2.05) is 5.32 Å². The van der Waals surface area contributed by atoms with Crippen LogP contribution >= 0.6 is 0 Å². The van der Waals surface area contributed by atoms with Crippen molar-refractivity contribution in [1.82, 2.24) is 5.32 Å². The van der Waals surface area contributed by atoms with Gasteiger partial charge in [0.2, 0.25) is 0 Å². The van der Waals surface area contributed by atoms with Gasteiger partial charge in [0.1, 0.15) is 6.04 Å². The lowest BCUT2D eigenvalue weighted by atomic mass is 10.0. The second-order valence-electron chi connectivity index (χ2n) is 7.20. The van der Waals surface area contributed by atoms with Gasteiger partial charge >= 0.3 is 12.1 Å². The van der Waals surface area contributed by atoms with E-state index in [0.29, 0.717) is 5.56 Å². The second kappa shape index (κ2) is 10.6. The number of carbonyl (C=O) groups excluding carboxylic acids is 3. The van der Waals surface area contributed by atoms with Crippen molar-refractivity contribution in [3.8, 4) is 0 Å². The van der Waals surface area contributed by atoms with Gasteiger partial charge in [-0.15, -0.1) is 0 Å². The number of nitrogens with zero attached hydrogens (tertiary/aromatic N) is 1. The van der Waals surface area contributed by atoms with Crippen LogP contribution in [0.5, 0.6) is 0 Å². The van der Waals surface area contributed by atoms with Crippen LogP contribution in [-0.2, 0) is 20.5 Å². The first-order valence-electron chi connectivity index (χ1n) is 9.58. The molecule has 2 aromatic rings. The maximum Gasteiger partial charge on any atom is 0.418 e. The molecule has 0 unspecified atom stereocenters. The van der Waals surface area contributed by atoms with Crippen LogP contribution in [0.15, 0.2) is 48.5 Å². The van der Waals surface area contributed by atoms with Crippen molar-refractivity contribution in [3.05, 3.63) is 69.8 Å². The lowest BCUT2D eigenvalue weighted by Gasteiger charge is -2.21. The molecule has 0 saturated heterocycles. The predicted molar refractivity (Wildman–Crippen MR) is 110 cm³/mol. The molecule has 9 nitrogen and oxygen atoms in total. The highest BCUT2D eigenvalue weighted by atomic mass is 19.4. The summed E-state index contributed by atoms with van der Waals surface area (Å²) in [5, 5.41) is 15.2. The number of rotatable bonds is 8. The first-order valence-corrected chi connectivity index (χ1v) is 9.58. The number of amides is 2. The lowest BCUT2D eigenvalue weighted by molar-refractivity contribution is -0.385. The average Bonchev–Trinajstić information content (AvgIpc) is 2.75. The summed E-state index contributed by atoms with van der Waals surface area (Å²) in [7, 11) is 0. The molecule has 12 heteroatoms. The van der Waals surface area contributed by atoms with Crippen molar-refractivity contribution >= 4 is 29.2 Å². The van der Waals surface area contributed by atoms with Gasteiger partial charge in [-0.05, 0) is 24.1 Å². The average molecular weight is 467 g/mol. The van der Waals surface area contributed by atoms with E-state index in [0.717, 1.165) is 12.1 Å². The van der Waals surface area contributed by atoms with Crippen LogP contribution in [0.2, 0.25) is 0 Å². The Balaban J connectivity index is 2.05. The minimum Gasteiger partial charge on any atom is -0.454 e. The third-order valence-corrected chi connectivity index (χ3v) is 4.38. The molecule has 0 aliphatic carbocycles. The van der Waals surface area contributed by atoms with Crippen molar-refractivity contribution in [2.75, 3.05) is 11.9 Å². The third-order valence-electron chi connectivity index (χ3n) is 4.38. The molecule has 2 rings (SSSR count). The first-order chi connectivity index (χ1) is 15.4. The zero-order chi connectivity index (χ0) is 24.8. The van der Waals surface area contributed by atoms with Gasteiger partial charge in [0.05, 0.1) is 16.2 Å². The molecule has 176 valence electrons. The number of halogens is 3. The molecular formula is C21H20F3N3O6. The Morgan fingerprint density at radius 2 is 1.73 bits per heavy atom. The summed E-state index contributed by atoms with van der Waals surface area (Å²) >= 11 is 0. The van der Waals surface area contributed by atoms with Crippen molar-refractivity contribution in [2.45, 2.75) is 26.1 Å². The van der Waals surface area contributed by atoms with Crippen molar-refractivity contribution in [3.63, 3.8) is 0 Å². The molecule has 0 heterocycles. The van der Waals surface area contributed by atoms with Gasteiger partial charge in [-0.3, -0.25) is 19.7 Å². The minimum atomic E-state index is -4.98. The normalized spacial score (nSPS) is 12.1. The number of alkyl halides is 3. The Labute approximate surface area is 186 Å². The highest BCUT2D eigenvalue weighted by molar-refractivity contribution is 5.97. The monoisotopic (exact) mass is 467 g/mol. The quantitative estimate of drug-likeness (QED) is 0.347. The van der Waals surface area contributed by atoms with E-state index in [2.05, 4.69) is 5.32 Å². The van der Waals surface area contributed by atoms with Gasteiger partial charge in [0, 0.05) is 17.7 Å². The summed E-state index contributed by atoms with van der Waals surface area (Å²) in [6.45, 7) is 2.32. The van der Waals surface area contributed by atoms with E-state index >= 15 is 0 Å². The van der Waals surface area contributed by atoms with Crippen LogP contribution in [0.25, 0.3) is 0 Å². The fraction of sp³-hybridized carbons (Fsp3) is 0.286. The Morgan fingerprint density at radius 3 is 2.27 bits per heavy atom. The molecule has 0 fully saturated rings. The molecule has 0 aliphatic rings. The number of nitrogens with one attached hydrogen (secondary N) is 2. The molecular weight excluding hydrogens is 447 g/mol. The number of hydrogen-bond acceptors (Lipinski definition) is 6. The number of nitro groups is 1. The van der Waals surface area contributed by atoms with Crippen molar-refractivity contribution in [2.24, 2.45) is 5.92 Å². The van der Waals surface area contributed by atoms with Crippen LogP contribution in [0, 0.1) is 16.0 Å². The Bertz CT molecular complexity index is 1040. The predicted octanol–water partition coefficient (Wildman–Crippen LogP) is 3.55. The summed E-state index contributed by atoms with van der Waals surface area (Å²) in [5.74, 6) is -3.01. The third kappa shape index (κ3) is 7.02.